The number of rotatable bonds is 5. The molecule has 0 unspecified atom stereocenters. The quantitative estimate of drug-likeness (QED) is 0.653. The summed E-state index contributed by atoms with van der Waals surface area (Å²) in [5, 5.41) is 2.93. The van der Waals surface area contributed by atoms with E-state index >= 15 is 0 Å². The second-order valence-corrected chi connectivity index (χ2v) is 7.90. The molecular formula is C24H26FN5O2. The van der Waals surface area contributed by atoms with E-state index in [0.29, 0.717) is 28.7 Å². The fourth-order valence-corrected chi connectivity index (χ4v) is 3.55. The number of nitrogens with zero attached hydrogens (tertiary/aromatic N) is 4. The van der Waals surface area contributed by atoms with Gasteiger partial charge in [0, 0.05) is 31.7 Å². The molecule has 8 heteroatoms. The lowest BCUT2D eigenvalue weighted by atomic mass is 10.2. The van der Waals surface area contributed by atoms with E-state index in [-0.39, 0.29) is 11.7 Å². The number of hydrogen-bond donors (Lipinski definition) is 1. The lowest BCUT2D eigenvalue weighted by Crippen LogP contribution is -2.45. The van der Waals surface area contributed by atoms with Crippen molar-refractivity contribution in [3.05, 3.63) is 71.3 Å². The van der Waals surface area contributed by atoms with Gasteiger partial charge in [-0.25, -0.2) is 14.4 Å². The molecule has 1 amide bonds. The SMILES string of the molecule is Cc1nc(N2CCN(C)CC2)nc(C)c1NC(=O)c1cccc(Oc2ccc(F)cc2)c1. The third-order valence-electron chi connectivity index (χ3n) is 5.43. The molecule has 1 aliphatic rings. The summed E-state index contributed by atoms with van der Waals surface area (Å²) < 4.78 is 18.8. The lowest BCUT2D eigenvalue weighted by Gasteiger charge is -2.32. The van der Waals surface area contributed by atoms with Crippen LogP contribution in [-0.2, 0) is 0 Å². The average molecular weight is 436 g/mol. The van der Waals surface area contributed by atoms with Gasteiger partial charge in [0.2, 0.25) is 5.95 Å². The Labute approximate surface area is 186 Å². The number of anilines is 2. The van der Waals surface area contributed by atoms with Gasteiger partial charge >= 0.3 is 0 Å². The van der Waals surface area contributed by atoms with Gasteiger partial charge in [0.25, 0.3) is 5.91 Å². The molecule has 2 aromatic carbocycles. The van der Waals surface area contributed by atoms with Gasteiger partial charge in [-0.3, -0.25) is 4.79 Å². The molecule has 0 aliphatic carbocycles. The lowest BCUT2D eigenvalue weighted by molar-refractivity contribution is 0.102. The Morgan fingerprint density at radius 1 is 0.969 bits per heavy atom. The van der Waals surface area contributed by atoms with Crippen molar-refractivity contribution in [2.75, 3.05) is 43.4 Å². The number of amides is 1. The number of piperazine rings is 1. The number of nitrogens with one attached hydrogen (secondary N) is 1. The number of carbonyl (C=O) groups excluding carboxylic acids is 1. The number of likely N-dealkylation sites (N-methyl/N-ethyl adjacent to an activating group) is 1. The third-order valence-corrected chi connectivity index (χ3v) is 5.43. The summed E-state index contributed by atoms with van der Waals surface area (Å²) in [4.78, 5) is 26.6. The Morgan fingerprint density at radius 2 is 1.62 bits per heavy atom. The Kier molecular flexibility index (Phi) is 6.32. The van der Waals surface area contributed by atoms with Crippen LogP contribution in [0.4, 0.5) is 16.0 Å². The summed E-state index contributed by atoms with van der Waals surface area (Å²) in [6.07, 6.45) is 0. The predicted molar refractivity (Wildman–Crippen MR) is 122 cm³/mol. The van der Waals surface area contributed by atoms with E-state index in [1.807, 2.05) is 13.8 Å². The van der Waals surface area contributed by atoms with Crippen LogP contribution in [0.3, 0.4) is 0 Å². The van der Waals surface area contributed by atoms with Crippen molar-refractivity contribution in [3.63, 3.8) is 0 Å². The van der Waals surface area contributed by atoms with E-state index in [1.54, 1.807) is 24.3 Å². The molecule has 1 N–H and O–H groups in total. The van der Waals surface area contributed by atoms with Crippen LogP contribution in [0.2, 0.25) is 0 Å². The minimum Gasteiger partial charge on any atom is -0.457 e. The Bertz CT molecular complexity index is 1090. The van der Waals surface area contributed by atoms with Crippen LogP contribution in [-0.4, -0.2) is 54.0 Å². The van der Waals surface area contributed by atoms with Crippen LogP contribution in [0, 0.1) is 19.7 Å². The number of benzene rings is 2. The highest BCUT2D eigenvalue weighted by molar-refractivity contribution is 6.05. The van der Waals surface area contributed by atoms with Crippen LogP contribution >= 0.6 is 0 Å². The van der Waals surface area contributed by atoms with Crippen LogP contribution in [0.15, 0.2) is 48.5 Å². The van der Waals surface area contributed by atoms with E-state index in [1.165, 1.54) is 24.3 Å². The molecule has 2 heterocycles. The number of hydrogen-bond acceptors (Lipinski definition) is 6. The summed E-state index contributed by atoms with van der Waals surface area (Å²) >= 11 is 0. The highest BCUT2D eigenvalue weighted by Crippen LogP contribution is 2.25. The van der Waals surface area contributed by atoms with Crippen molar-refractivity contribution in [3.8, 4) is 11.5 Å². The molecule has 1 fully saturated rings. The molecule has 1 aliphatic heterocycles. The second-order valence-electron chi connectivity index (χ2n) is 7.90. The molecular weight excluding hydrogens is 409 g/mol. The van der Waals surface area contributed by atoms with Crippen molar-refractivity contribution >= 4 is 17.5 Å². The Hall–Kier alpha value is -3.52. The molecule has 0 saturated carbocycles. The molecule has 0 radical (unpaired) electrons. The fraction of sp³-hybridized carbons (Fsp3) is 0.292. The molecule has 7 nitrogen and oxygen atoms in total. The molecule has 1 saturated heterocycles. The first kappa shape index (κ1) is 21.7. The van der Waals surface area contributed by atoms with Gasteiger partial charge in [-0.2, -0.15) is 0 Å². The summed E-state index contributed by atoms with van der Waals surface area (Å²) in [6, 6.07) is 12.5. The van der Waals surface area contributed by atoms with E-state index in [4.69, 9.17) is 4.74 Å². The Morgan fingerprint density at radius 3 is 2.28 bits per heavy atom. The van der Waals surface area contributed by atoms with E-state index in [0.717, 1.165) is 37.6 Å². The van der Waals surface area contributed by atoms with Gasteiger partial charge in [-0.15, -0.1) is 0 Å². The monoisotopic (exact) mass is 435 g/mol. The summed E-state index contributed by atoms with van der Waals surface area (Å²) in [7, 11) is 2.10. The minimum absolute atomic E-state index is 0.281. The topological polar surface area (TPSA) is 70.6 Å². The van der Waals surface area contributed by atoms with Gasteiger partial charge < -0.3 is 19.9 Å². The zero-order chi connectivity index (χ0) is 22.7. The van der Waals surface area contributed by atoms with Crippen molar-refractivity contribution in [2.24, 2.45) is 0 Å². The first-order chi connectivity index (χ1) is 15.4. The molecule has 4 rings (SSSR count). The summed E-state index contributed by atoms with van der Waals surface area (Å²) in [6.45, 7) is 7.44. The van der Waals surface area contributed by atoms with Crippen LogP contribution in [0.1, 0.15) is 21.7 Å². The normalized spacial score (nSPS) is 14.3. The third kappa shape index (κ3) is 5.03. The predicted octanol–water partition coefficient (Wildman–Crippen LogP) is 4.03. The number of aromatic nitrogens is 2. The molecule has 0 atom stereocenters. The summed E-state index contributed by atoms with van der Waals surface area (Å²) in [5.41, 5.74) is 2.49. The van der Waals surface area contributed by atoms with E-state index in [9.17, 15) is 9.18 Å². The van der Waals surface area contributed by atoms with E-state index < -0.39 is 0 Å². The van der Waals surface area contributed by atoms with Gasteiger partial charge in [0.15, 0.2) is 0 Å². The maximum absolute atomic E-state index is 13.1. The number of ether oxygens (including phenoxy) is 1. The zero-order valence-electron chi connectivity index (χ0n) is 18.4. The Balaban J connectivity index is 1.48. The highest BCUT2D eigenvalue weighted by Gasteiger charge is 2.19. The first-order valence-corrected chi connectivity index (χ1v) is 10.5. The van der Waals surface area contributed by atoms with Crippen molar-refractivity contribution in [1.29, 1.82) is 0 Å². The maximum Gasteiger partial charge on any atom is 0.255 e. The summed E-state index contributed by atoms with van der Waals surface area (Å²) in [5.74, 6) is 1.05. The van der Waals surface area contributed by atoms with Crippen molar-refractivity contribution < 1.29 is 13.9 Å². The average Bonchev–Trinajstić information content (AvgIpc) is 2.78. The van der Waals surface area contributed by atoms with Crippen LogP contribution in [0.25, 0.3) is 0 Å². The largest absolute Gasteiger partial charge is 0.457 e. The van der Waals surface area contributed by atoms with Gasteiger partial charge in [-0.1, -0.05) is 6.07 Å². The number of carbonyl (C=O) groups is 1. The minimum atomic E-state index is -0.336. The number of halogens is 1. The van der Waals surface area contributed by atoms with Crippen molar-refractivity contribution in [2.45, 2.75) is 13.8 Å². The van der Waals surface area contributed by atoms with Crippen LogP contribution < -0.4 is 15.0 Å². The molecule has 0 spiro atoms. The van der Waals surface area contributed by atoms with Gasteiger partial charge in [0.05, 0.1) is 17.1 Å². The van der Waals surface area contributed by atoms with Gasteiger partial charge in [-0.05, 0) is 63.4 Å². The molecule has 3 aromatic rings. The van der Waals surface area contributed by atoms with Gasteiger partial charge in [0.1, 0.15) is 17.3 Å². The molecule has 32 heavy (non-hydrogen) atoms. The maximum atomic E-state index is 13.1. The highest BCUT2D eigenvalue weighted by atomic mass is 19.1. The molecule has 1 aromatic heterocycles. The van der Waals surface area contributed by atoms with Crippen LogP contribution in [0.5, 0.6) is 11.5 Å². The van der Waals surface area contributed by atoms with E-state index in [2.05, 4.69) is 32.1 Å². The molecule has 0 bridgehead atoms. The standard InChI is InChI=1S/C24H26FN5O2/c1-16-22(17(2)27-24(26-16)30-13-11-29(3)12-14-30)28-23(31)18-5-4-6-21(15-18)32-20-9-7-19(25)8-10-20/h4-10,15H,11-14H2,1-3H3,(H,28,31). The first-order valence-electron chi connectivity index (χ1n) is 10.5. The fourth-order valence-electron chi connectivity index (χ4n) is 3.55. The molecule has 166 valence electrons. The van der Waals surface area contributed by atoms with Crippen molar-refractivity contribution in [1.82, 2.24) is 14.9 Å². The second kappa shape index (κ2) is 9.32. The number of aryl methyl sites for hydroxylation is 2. The smallest absolute Gasteiger partial charge is 0.255 e. The zero-order valence-corrected chi connectivity index (χ0v) is 18.4.